The zero-order chi connectivity index (χ0) is 14.0. The van der Waals surface area contributed by atoms with Crippen molar-refractivity contribution in [2.24, 2.45) is 0 Å². The predicted octanol–water partition coefficient (Wildman–Crippen LogP) is -4.02. The Balaban J connectivity index is 0. The van der Waals surface area contributed by atoms with Gasteiger partial charge in [-0.05, 0) is 6.92 Å². The van der Waals surface area contributed by atoms with E-state index in [1.807, 2.05) is 0 Å². The van der Waals surface area contributed by atoms with Gasteiger partial charge >= 0.3 is 0 Å². The molecule has 0 aliphatic carbocycles. The van der Waals surface area contributed by atoms with Crippen molar-refractivity contribution in [2.75, 3.05) is 19.8 Å². The summed E-state index contributed by atoms with van der Waals surface area (Å²) in [6, 6.07) is 0. The van der Waals surface area contributed by atoms with Crippen molar-refractivity contribution in [1.82, 2.24) is 0 Å². The third-order valence-corrected chi connectivity index (χ3v) is 1.65. The molecular weight excluding hydrogens is 236 g/mol. The normalized spacial score (nSPS) is 17.4. The molecule has 0 rings (SSSR count). The molecule has 0 aliphatic heterocycles. The molecule has 0 heterocycles. The average molecular weight is 256 g/mol. The highest BCUT2D eigenvalue weighted by Crippen LogP contribution is 2.00. The fourth-order valence-electron chi connectivity index (χ4n) is 0.602. The van der Waals surface area contributed by atoms with Gasteiger partial charge in [0, 0.05) is 0 Å². The molecule has 0 radical (unpaired) electrons. The lowest BCUT2D eigenvalue weighted by Gasteiger charge is -2.19. The van der Waals surface area contributed by atoms with Gasteiger partial charge in [-0.2, -0.15) is 0 Å². The van der Waals surface area contributed by atoms with Gasteiger partial charge in [-0.1, -0.05) is 0 Å². The minimum Gasteiger partial charge on any atom is -0.394 e. The Bertz CT molecular complexity index is 195. The Morgan fingerprint density at radius 1 is 1.00 bits per heavy atom. The van der Waals surface area contributed by atoms with Crippen LogP contribution in [0.2, 0.25) is 0 Å². The van der Waals surface area contributed by atoms with Gasteiger partial charge in [0.1, 0.15) is 24.9 Å². The number of ketones is 1. The second-order valence-electron chi connectivity index (χ2n) is 3.34. The van der Waals surface area contributed by atoms with E-state index in [1.54, 1.807) is 0 Å². The number of rotatable bonds is 6. The summed E-state index contributed by atoms with van der Waals surface area (Å²) in [7, 11) is 0. The summed E-state index contributed by atoms with van der Waals surface area (Å²) in [6.45, 7) is -0.298. The fraction of sp³-hybridized carbons (Fsp3) is 0.889. The molecule has 8 heteroatoms. The molecular formula is C9H20O8. The van der Waals surface area contributed by atoms with Gasteiger partial charge in [-0.15, -0.1) is 0 Å². The van der Waals surface area contributed by atoms with Crippen molar-refractivity contribution in [3.8, 4) is 0 Å². The average Bonchev–Trinajstić information content (AvgIpc) is 2.35. The maximum Gasteiger partial charge on any atom is 0.189 e. The molecule has 0 bridgehead atoms. The van der Waals surface area contributed by atoms with E-state index >= 15 is 0 Å². The number of aliphatic hydroxyl groups excluding tert-OH is 7. The van der Waals surface area contributed by atoms with Crippen LogP contribution in [0.15, 0.2) is 0 Å². The quantitative estimate of drug-likeness (QED) is 0.253. The second kappa shape index (κ2) is 10.5. The highest BCUT2D eigenvalue weighted by atomic mass is 16.4. The van der Waals surface area contributed by atoms with Gasteiger partial charge in [-0.3, -0.25) is 4.79 Å². The molecule has 0 aliphatic rings. The summed E-state index contributed by atoms with van der Waals surface area (Å²) in [5.41, 5.74) is 0. The summed E-state index contributed by atoms with van der Waals surface area (Å²) in [5, 5.41) is 59.1. The van der Waals surface area contributed by atoms with Crippen LogP contribution in [0.4, 0.5) is 0 Å². The van der Waals surface area contributed by atoms with E-state index in [9.17, 15) is 4.79 Å². The molecule has 0 aromatic heterocycles. The van der Waals surface area contributed by atoms with Crippen LogP contribution >= 0.6 is 0 Å². The van der Waals surface area contributed by atoms with Crippen LogP contribution < -0.4 is 0 Å². The molecule has 104 valence electrons. The van der Waals surface area contributed by atoms with Crippen LogP contribution in [0, 0.1) is 0 Å². The van der Waals surface area contributed by atoms with Gasteiger partial charge in [0.25, 0.3) is 0 Å². The number of carbonyl (C=O) groups excluding carboxylic acids is 1. The third-order valence-electron chi connectivity index (χ3n) is 1.65. The Hall–Kier alpha value is -0.610. The highest BCUT2D eigenvalue weighted by Gasteiger charge is 2.28. The zero-order valence-electron chi connectivity index (χ0n) is 9.47. The molecule has 0 fully saturated rings. The molecule has 0 aromatic rings. The Labute approximate surface area is 98.4 Å². The van der Waals surface area contributed by atoms with E-state index in [1.165, 1.54) is 6.92 Å². The standard InChI is InChI=1S/C6H12O6.C3H8O2/c7-1-3(9)5(11)6(12)4(10)2-8;1-3(5)2-4/h3,5-9,11-12H,1-2H2;3-5H,2H2,1H3. The van der Waals surface area contributed by atoms with Crippen molar-refractivity contribution >= 4 is 5.78 Å². The maximum atomic E-state index is 10.5. The molecule has 7 N–H and O–H groups in total. The number of hydrogen-bond acceptors (Lipinski definition) is 8. The van der Waals surface area contributed by atoms with Crippen molar-refractivity contribution in [3.63, 3.8) is 0 Å². The lowest BCUT2D eigenvalue weighted by Crippen LogP contribution is -2.44. The molecule has 0 saturated heterocycles. The van der Waals surface area contributed by atoms with E-state index in [0.717, 1.165) is 0 Å². The zero-order valence-corrected chi connectivity index (χ0v) is 9.47. The largest absolute Gasteiger partial charge is 0.394 e. The molecule has 8 nitrogen and oxygen atoms in total. The van der Waals surface area contributed by atoms with E-state index in [2.05, 4.69) is 0 Å². The first-order chi connectivity index (χ1) is 7.81. The Kier molecular flexibility index (Phi) is 11.6. The number of hydrogen-bond donors (Lipinski definition) is 7. The van der Waals surface area contributed by atoms with Crippen molar-refractivity contribution < 1.29 is 40.5 Å². The van der Waals surface area contributed by atoms with Crippen molar-refractivity contribution in [2.45, 2.75) is 31.3 Å². The second-order valence-corrected chi connectivity index (χ2v) is 3.34. The van der Waals surface area contributed by atoms with Gasteiger partial charge < -0.3 is 35.7 Å². The summed E-state index contributed by atoms with van der Waals surface area (Å²) >= 11 is 0. The number of aliphatic hydroxyl groups is 7. The van der Waals surface area contributed by atoms with E-state index in [4.69, 9.17) is 35.7 Å². The summed E-state index contributed by atoms with van der Waals surface area (Å²) in [5.74, 6) is -1.00. The highest BCUT2D eigenvalue weighted by molar-refractivity contribution is 5.84. The van der Waals surface area contributed by atoms with Crippen LogP contribution in [-0.4, -0.2) is 85.8 Å². The lowest BCUT2D eigenvalue weighted by atomic mass is 10.1. The molecule has 4 atom stereocenters. The predicted molar refractivity (Wildman–Crippen MR) is 56.0 cm³/mol. The van der Waals surface area contributed by atoms with Crippen LogP contribution in [0.1, 0.15) is 6.92 Å². The molecule has 17 heavy (non-hydrogen) atoms. The van der Waals surface area contributed by atoms with Crippen molar-refractivity contribution in [3.05, 3.63) is 0 Å². The van der Waals surface area contributed by atoms with Gasteiger partial charge in [0.15, 0.2) is 5.78 Å². The molecule has 0 amide bonds. The van der Waals surface area contributed by atoms with Crippen LogP contribution in [0.5, 0.6) is 0 Å². The minimum atomic E-state index is -1.86. The monoisotopic (exact) mass is 256 g/mol. The SMILES string of the molecule is CC(O)CO.O=C(CO)C(O)C(O)C(O)CO. The van der Waals surface area contributed by atoms with Gasteiger partial charge in [0.05, 0.1) is 19.3 Å². The fourth-order valence-corrected chi connectivity index (χ4v) is 0.602. The molecule has 4 unspecified atom stereocenters. The first-order valence-electron chi connectivity index (χ1n) is 4.89. The van der Waals surface area contributed by atoms with Crippen LogP contribution in [0.25, 0.3) is 0 Å². The summed E-state index contributed by atoms with van der Waals surface area (Å²) in [6.07, 6.45) is -5.78. The smallest absolute Gasteiger partial charge is 0.189 e. The van der Waals surface area contributed by atoms with Gasteiger partial charge in [-0.25, -0.2) is 0 Å². The van der Waals surface area contributed by atoms with E-state index < -0.39 is 43.4 Å². The first kappa shape index (κ1) is 18.7. The summed E-state index contributed by atoms with van der Waals surface area (Å²) in [4.78, 5) is 10.5. The van der Waals surface area contributed by atoms with Crippen LogP contribution in [-0.2, 0) is 4.79 Å². The minimum absolute atomic E-state index is 0.139. The van der Waals surface area contributed by atoms with Crippen LogP contribution in [0.3, 0.4) is 0 Å². The molecule has 0 saturated carbocycles. The molecule has 0 aromatic carbocycles. The van der Waals surface area contributed by atoms with E-state index in [0.29, 0.717) is 0 Å². The first-order valence-corrected chi connectivity index (χ1v) is 4.89. The number of Topliss-reactive ketones (excluding diaryl/α,β-unsaturated/α-hetero) is 1. The van der Waals surface area contributed by atoms with E-state index in [-0.39, 0.29) is 6.61 Å². The van der Waals surface area contributed by atoms with Gasteiger partial charge in [0.2, 0.25) is 0 Å². The molecule has 0 spiro atoms. The third kappa shape index (κ3) is 9.12. The summed E-state index contributed by atoms with van der Waals surface area (Å²) < 4.78 is 0. The van der Waals surface area contributed by atoms with Crippen molar-refractivity contribution in [1.29, 1.82) is 0 Å². The Morgan fingerprint density at radius 3 is 1.65 bits per heavy atom. The Morgan fingerprint density at radius 2 is 1.41 bits per heavy atom. The topological polar surface area (TPSA) is 159 Å². The lowest BCUT2D eigenvalue weighted by molar-refractivity contribution is -0.142. The maximum absolute atomic E-state index is 10.5. The number of carbonyl (C=O) groups is 1.